The SMILES string of the molecule is COC(=O)C1CCC2(CCc3ccc(CN4CCN(c5ccncn5)CC4)cc32)CC1. The molecule has 0 bridgehead atoms. The van der Waals surface area contributed by atoms with Crippen molar-refractivity contribution in [1.82, 2.24) is 14.9 Å². The molecule has 1 saturated heterocycles. The van der Waals surface area contributed by atoms with Gasteiger partial charge in [0.15, 0.2) is 0 Å². The summed E-state index contributed by atoms with van der Waals surface area (Å²) >= 11 is 0. The normalized spacial score (nSPS) is 26.1. The predicted octanol–water partition coefficient (Wildman–Crippen LogP) is 3.35. The lowest BCUT2D eigenvalue weighted by Crippen LogP contribution is -2.46. The van der Waals surface area contributed by atoms with Crippen LogP contribution in [-0.2, 0) is 27.9 Å². The summed E-state index contributed by atoms with van der Waals surface area (Å²) in [6.45, 7) is 5.10. The van der Waals surface area contributed by atoms with Gasteiger partial charge in [-0.3, -0.25) is 9.69 Å². The fourth-order valence-corrected chi connectivity index (χ4v) is 5.90. The van der Waals surface area contributed by atoms with Gasteiger partial charge in [0.2, 0.25) is 0 Å². The van der Waals surface area contributed by atoms with Gasteiger partial charge in [0.25, 0.3) is 0 Å². The van der Waals surface area contributed by atoms with Crippen molar-refractivity contribution in [3.63, 3.8) is 0 Å². The van der Waals surface area contributed by atoms with Crippen molar-refractivity contribution in [3.05, 3.63) is 53.5 Å². The van der Waals surface area contributed by atoms with Crippen LogP contribution < -0.4 is 4.90 Å². The lowest BCUT2D eigenvalue weighted by molar-refractivity contribution is -0.147. The van der Waals surface area contributed by atoms with Crippen LogP contribution in [0.3, 0.4) is 0 Å². The van der Waals surface area contributed by atoms with Crippen LogP contribution in [-0.4, -0.2) is 54.1 Å². The molecule has 2 aromatic rings. The molecule has 0 unspecified atom stereocenters. The van der Waals surface area contributed by atoms with E-state index in [1.54, 1.807) is 11.9 Å². The number of anilines is 1. The Morgan fingerprint density at radius 1 is 1.13 bits per heavy atom. The summed E-state index contributed by atoms with van der Waals surface area (Å²) < 4.78 is 4.99. The number of carbonyl (C=O) groups excluding carboxylic acids is 1. The van der Waals surface area contributed by atoms with E-state index in [2.05, 4.69) is 38.0 Å². The van der Waals surface area contributed by atoms with Crippen molar-refractivity contribution in [1.29, 1.82) is 0 Å². The molecule has 6 nitrogen and oxygen atoms in total. The van der Waals surface area contributed by atoms with Gasteiger partial charge in [-0.1, -0.05) is 18.2 Å². The van der Waals surface area contributed by atoms with Crippen LogP contribution in [0.1, 0.15) is 48.8 Å². The number of nitrogens with zero attached hydrogens (tertiary/aromatic N) is 4. The maximum absolute atomic E-state index is 12.0. The molecule has 2 heterocycles. The first-order valence-electron chi connectivity index (χ1n) is 11.6. The van der Waals surface area contributed by atoms with Crippen molar-refractivity contribution in [2.24, 2.45) is 5.92 Å². The lowest BCUT2D eigenvalue weighted by Gasteiger charge is -2.38. The highest BCUT2D eigenvalue weighted by atomic mass is 16.5. The Morgan fingerprint density at radius 2 is 1.94 bits per heavy atom. The molecule has 0 atom stereocenters. The molecule has 164 valence electrons. The predicted molar refractivity (Wildman–Crippen MR) is 120 cm³/mol. The Hall–Kier alpha value is -2.47. The summed E-state index contributed by atoms with van der Waals surface area (Å²) in [5.41, 5.74) is 4.79. The van der Waals surface area contributed by atoms with E-state index >= 15 is 0 Å². The molecule has 5 rings (SSSR count). The Labute approximate surface area is 184 Å². The summed E-state index contributed by atoms with van der Waals surface area (Å²) in [4.78, 5) is 25.3. The molecule has 1 saturated carbocycles. The molecule has 1 aromatic heterocycles. The number of hydrogen-bond acceptors (Lipinski definition) is 6. The molecule has 1 aliphatic heterocycles. The van der Waals surface area contributed by atoms with Crippen LogP contribution in [0.5, 0.6) is 0 Å². The summed E-state index contributed by atoms with van der Waals surface area (Å²) in [6, 6.07) is 9.17. The lowest BCUT2D eigenvalue weighted by atomic mass is 9.67. The van der Waals surface area contributed by atoms with E-state index in [1.165, 1.54) is 31.1 Å². The van der Waals surface area contributed by atoms with Gasteiger partial charge in [0.05, 0.1) is 13.0 Å². The third-order valence-corrected chi connectivity index (χ3v) is 7.76. The van der Waals surface area contributed by atoms with Crippen LogP contribution in [0.15, 0.2) is 36.8 Å². The van der Waals surface area contributed by atoms with Gasteiger partial charge in [-0.15, -0.1) is 0 Å². The average molecular weight is 421 g/mol. The van der Waals surface area contributed by atoms with Crippen LogP contribution in [0.2, 0.25) is 0 Å². The van der Waals surface area contributed by atoms with Crippen LogP contribution in [0.25, 0.3) is 0 Å². The molecule has 2 aliphatic carbocycles. The van der Waals surface area contributed by atoms with Gasteiger partial charge in [0, 0.05) is 38.9 Å². The van der Waals surface area contributed by atoms with Crippen molar-refractivity contribution in [2.45, 2.75) is 50.5 Å². The molecule has 31 heavy (non-hydrogen) atoms. The van der Waals surface area contributed by atoms with Gasteiger partial charge in [0.1, 0.15) is 12.1 Å². The fourth-order valence-electron chi connectivity index (χ4n) is 5.90. The number of carbonyl (C=O) groups is 1. The molecule has 0 radical (unpaired) electrons. The van der Waals surface area contributed by atoms with Gasteiger partial charge in [-0.2, -0.15) is 0 Å². The Morgan fingerprint density at radius 3 is 2.65 bits per heavy atom. The van der Waals surface area contributed by atoms with E-state index in [-0.39, 0.29) is 17.3 Å². The number of aryl methyl sites for hydroxylation is 1. The molecule has 0 amide bonds. The standard InChI is InChI=1S/C25H32N4O2/c1-31-24(30)21-5-9-25(10-6-21)8-4-20-3-2-19(16-22(20)25)17-28-12-14-29(15-13-28)23-7-11-26-18-27-23/h2-3,7,11,16,18,21H,4-6,8-10,12-15,17H2,1H3. The minimum atomic E-state index is -0.0251. The van der Waals surface area contributed by atoms with Crippen LogP contribution in [0, 0.1) is 5.92 Å². The number of rotatable bonds is 4. The van der Waals surface area contributed by atoms with Gasteiger partial charge >= 0.3 is 5.97 Å². The summed E-state index contributed by atoms with van der Waals surface area (Å²) in [6.07, 6.45) is 9.99. The molecular formula is C25H32N4O2. The zero-order valence-electron chi connectivity index (χ0n) is 18.4. The second kappa shape index (κ2) is 8.58. The third kappa shape index (κ3) is 4.05. The maximum Gasteiger partial charge on any atom is 0.308 e. The first-order valence-corrected chi connectivity index (χ1v) is 11.6. The number of fused-ring (bicyclic) bond motifs is 2. The van der Waals surface area contributed by atoms with Gasteiger partial charge in [-0.05, 0) is 66.7 Å². The Kier molecular flexibility index (Phi) is 5.65. The molecular weight excluding hydrogens is 388 g/mol. The van der Waals surface area contributed by atoms with E-state index in [0.29, 0.717) is 0 Å². The quantitative estimate of drug-likeness (QED) is 0.707. The molecule has 3 aliphatic rings. The molecule has 2 fully saturated rings. The van der Waals surface area contributed by atoms with Crippen molar-refractivity contribution >= 4 is 11.8 Å². The second-order valence-electron chi connectivity index (χ2n) is 9.40. The van der Waals surface area contributed by atoms with Crippen molar-refractivity contribution in [2.75, 3.05) is 38.2 Å². The summed E-state index contributed by atoms with van der Waals surface area (Å²) in [7, 11) is 1.51. The van der Waals surface area contributed by atoms with E-state index in [4.69, 9.17) is 4.74 Å². The molecule has 1 aromatic carbocycles. The Balaban J connectivity index is 1.23. The van der Waals surface area contributed by atoms with E-state index in [1.807, 2.05) is 12.3 Å². The van der Waals surface area contributed by atoms with Crippen molar-refractivity contribution < 1.29 is 9.53 Å². The average Bonchev–Trinajstić information content (AvgIpc) is 3.17. The monoisotopic (exact) mass is 420 g/mol. The largest absolute Gasteiger partial charge is 0.469 e. The minimum absolute atomic E-state index is 0.0251. The number of piperazine rings is 1. The van der Waals surface area contributed by atoms with Gasteiger partial charge in [-0.25, -0.2) is 9.97 Å². The first kappa shape index (κ1) is 20.4. The van der Waals surface area contributed by atoms with E-state index < -0.39 is 0 Å². The highest BCUT2D eigenvalue weighted by Crippen LogP contribution is 2.50. The smallest absolute Gasteiger partial charge is 0.308 e. The number of esters is 1. The van der Waals surface area contributed by atoms with Crippen LogP contribution in [0.4, 0.5) is 5.82 Å². The van der Waals surface area contributed by atoms with E-state index in [0.717, 1.165) is 64.2 Å². The first-order chi connectivity index (χ1) is 15.2. The second-order valence-corrected chi connectivity index (χ2v) is 9.40. The van der Waals surface area contributed by atoms with Gasteiger partial charge < -0.3 is 9.64 Å². The molecule has 6 heteroatoms. The zero-order valence-corrected chi connectivity index (χ0v) is 18.4. The van der Waals surface area contributed by atoms with Crippen molar-refractivity contribution in [3.8, 4) is 0 Å². The molecule has 0 N–H and O–H groups in total. The minimum Gasteiger partial charge on any atom is -0.469 e. The molecule has 1 spiro atoms. The van der Waals surface area contributed by atoms with Crippen LogP contribution >= 0.6 is 0 Å². The number of ether oxygens (including phenoxy) is 1. The number of methoxy groups -OCH3 is 1. The maximum atomic E-state index is 12.0. The third-order valence-electron chi connectivity index (χ3n) is 7.76. The summed E-state index contributed by atoms with van der Waals surface area (Å²) in [5, 5.41) is 0. The highest BCUT2D eigenvalue weighted by molar-refractivity contribution is 5.72. The number of aromatic nitrogens is 2. The van der Waals surface area contributed by atoms with E-state index in [9.17, 15) is 4.79 Å². The fraction of sp³-hybridized carbons (Fsp3) is 0.560. The number of hydrogen-bond donors (Lipinski definition) is 0. The Bertz CT molecular complexity index is 916. The summed E-state index contributed by atoms with van der Waals surface area (Å²) in [5.74, 6) is 1.09. The number of benzene rings is 1. The highest BCUT2D eigenvalue weighted by Gasteiger charge is 2.43. The topological polar surface area (TPSA) is 58.6 Å². The zero-order chi connectivity index (χ0) is 21.3.